The van der Waals surface area contributed by atoms with Crippen LogP contribution < -0.4 is 15.5 Å². The molecule has 1 saturated heterocycles. The molecule has 0 aromatic heterocycles. The van der Waals surface area contributed by atoms with Crippen molar-refractivity contribution in [2.45, 2.75) is 26.8 Å². The van der Waals surface area contributed by atoms with Gasteiger partial charge in [0.15, 0.2) is 0 Å². The first-order chi connectivity index (χ1) is 15.7. The molecule has 33 heavy (non-hydrogen) atoms. The highest BCUT2D eigenvalue weighted by Crippen LogP contribution is 2.31. The van der Waals surface area contributed by atoms with E-state index in [1.807, 2.05) is 41.8 Å². The number of aryl methyl sites for hydroxylation is 2. The van der Waals surface area contributed by atoms with Crippen LogP contribution in [0.15, 0.2) is 36.4 Å². The standard InChI is InChI=1S/C23H28ClN5O4/c1-15-5-4-6-16(2)22(15)26-21(30)14-25-23(31)17(3)27-9-11-28(12-10-27)19-8-7-18(24)13-20(19)29(32)33/h4-8,13,17H,9-12,14H2,1-3H3,(H,25,31)(H,26,30)/t17-/m0/s1. The van der Waals surface area contributed by atoms with Crippen molar-refractivity contribution in [3.63, 3.8) is 0 Å². The third kappa shape index (κ3) is 6.00. The molecule has 0 saturated carbocycles. The van der Waals surface area contributed by atoms with Gasteiger partial charge < -0.3 is 15.5 Å². The molecule has 0 radical (unpaired) electrons. The Morgan fingerprint density at radius 1 is 1.12 bits per heavy atom. The summed E-state index contributed by atoms with van der Waals surface area (Å²) in [7, 11) is 0. The number of carbonyl (C=O) groups is 2. The molecule has 2 aromatic rings. The summed E-state index contributed by atoms with van der Waals surface area (Å²) in [5, 5.41) is 17.3. The van der Waals surface area contributed by atoms with Crippen LogP contribution in [0.1, 0.15) is 18.1 Å². The Labute approximate surface area is 197 Å². The van der Waals surface area contributed by atoms with Crippen molar-refractivity contribution in [1.82, 2.24) is 10.2 Å². The Kier molecular flexibility index (Phi) is 7.88. The van der Waals surface area contributed by atoms with Crippen LogP contribution in [0.3, 0.4) is 0 Å². The maximum absolute atomic E-state index is 12.6. The molecular formula is C23H28ClN5O4. The maximum atomic E-state index is 12.6. The largest absolute Gasteiger partial charge is 0.363 e. The van der Waals surface area contributed by atoms with Gasteiger partial charge in [0.25, 0.3) is 5.69 Å². The molecule has 1 aliphatic heterocycles. The summed E-state index contributed by atoms with van der Waals surface area (Å²) >= 11 is 5.91. The predicted octanol–water partition coefficient (Wildman–Crippen LogP) is 3.13. The van der Waals surface area contributed by atoms with Crippen molar-refractivity contribution in [2.75, 3.05) is 42.9 Å². The fourth-order valence-corrected chi connectivity index (χ4v) is 4.10. The second kappa shape index (κ2) is 10.6. The molecule has 0 bridgehead atoms. The van der Waals surface area contributed by atoms with Crippen molar-refractivity contribution in [3.05, 3.63) is 62.7 Å². The molecule has 10 heteroatoms. The van der Waals surface area contributed by atoms with Gasteiger partial charge in [-0.2, -0.15) is 0 Å². The molecule has 1 aliphatic rings. The number of para-hydroxylation sites is 1. The Bertz CT molecular complexity index is 1030. The number of piperazine rings is 1. The van der Waals surface area contributed by atoms with E-state index in [9.17, 15) is 19.7 Å². The van der Waals surface area contributed by atoms with Crippen LogP contribution in [0.4, 0.5) is 17.1 Å². The molecule has 2 amide bonds. The lowest BCUT2D eigenvalue weighted by Gasteiger charge is -2.38. The molecule has 9 nitrogen and oxygen atoms in total. The summed E-state index contributed by atoms with van der Waals surface area (Å²) in [5.74, 6) is -0.523. The first-order valence-electron chi connectivity index (χ1n) is 10.7. The highest BCUT2D eigenvalue weighted by atomic mass is 35.5. The Morgan fingerprint density at radius 2 is 1.76 bits per heavy atom. The molecule has 0 aliphatic carbocycles. The molecule has 1 heterocycles. The zero-order valence-electron chi connectivity index (χ0n) is 18.9. The van der Waals surface area contributed by atoms with Gasteiger partial charge in [-0.1, -0.05) is 29.8 Å². The van der Waals surface area contributed by atoms with E-state index in [1.165, 1.54) is 6.07 Å². The highest BCUT2D eigenvalue weighted by Gasteiger charge is 2.28. The fraction of sp³-hybridized carbons (Fsp3) is 0.391. The average molecular weight is 474 g/mol. The number of anilines is 2. The molecule has 176 valence electrons. The first-order valence-corrected chi connectivity index (χ1v) is 11.1. The molecule has 1 atom stereocenters. The zero-order chi connectivity index (χ0) is 24.1. The second-order valence-electron chi connectivity index (χ2n) is 8.12. The summed E-state index contributed by atoms with van der Waals surface area (Å²) in [5.41, 5.74) is 3.17. The predicted molar refractivity (Wildman–Crippen MR) is 129 cm³/mol. The van der Waals surface area contributed by atoms with Crippen LogP contribution in [0, 0.1) is 24.0 Å². The van der Waals surface area contributed by atoms with Crippen LogP contribution in [0.5, 0.6) is 0 Å². The molecule has 0 unspecified atom stereocenters. The summed E-state index contributed by atoms with van der Waals surface area (Å²) in [4.78, 5) is 39.8. The van der Waals surface area contributed by atoms with Gasteiger partial charge in [0.2, 0.25) is 11.8 Å². The molecule has 1 fully saturated rings. The zero-order valence-corrected chi connectivity index (χ0v) is 19.7. The van der Waals surface area contributed by atoms with Gasteiger partial charge >= 0.3 is 0 Å². The Balaban J connectivity index is 1.51. The van der Waals surface area contributed by atoms with Crippen LogP contribution in [-0.2, 0) is 9.59 Å². The van der Waals surface area contributed by atoms with Crippen molar-refractivity contribution >= 4 is 40.5 Å². The Hall–Kier alpha value is -3.17. The van der Waals surface area contributed by atoms with Gasteiger partial charge in [0, 0.05) is 43.0 Å². The number of rotatable bonds is 7. The van der Waals surface area contributed by atoms with E-state index in [-0.39, 0.29) is 24.0 Å². The van der Waals surface area contributed by atoms with E-state index < -0.39 is 11.0 Å². The number of carbonyl (C=O) groups excluding carboxylic acids is 2. The molecular weight excluding hydrogens is 446 g/mol. The third-order valence-electron chi connectivity index (χ3n) is 5.88. The minimum absolute atomic E-state index is 0.0309. The topological polar surface area (TPSA) is 108 Å². The van der Waals surface area contributed by atoms with Gasteiger partial charge in [0.05, 0.1) is 17.5 Å². The van der Waals surface area contributed by atoms with E-state index >= 15 is 0 Å². The van der Waals surface area contributed by atoms with Crippen LogP contribution in [0.25, 0.3) is 0 Å². The van der Waals surface area contributed by atoms with Gasteiger partial charge in [-0.3, -0.25) is 24.6 Å². The minimum atomic E-state index is -0.437. The average Bonchev–Trinajstić information content (AvgIpc) is 2.79. The van der Waals surface area contributed by atoms with Crippen molar-refractivity contribution in [2.24, 2.45) is 0 Å². The van der Waals surface area contributed by atoms with Crippen LogP contribution in [-0.4, -0.2) is 60.4 Å². The summed E-state index contributed by atoms with van der Waals surface area (Å²) in [6, 6.07) is 9.97. The van der Waals surface area contributed by atoms with Crippen molar-refractivity contribution in [3.8, 4) is 0 Å². The van der Waals surface area contributed by atoms with Crippen molar-refractivity contribution in [1.29, 1.82) is 0 Å². The molecule has 2 aromatic carbocycles. The van der Waals surface area contributed by atoms with E-state index in [4.69, 9.17) is 11.6 Å². The smallest absolute Gasteiger partial charge is 0.294 e. The Morgan fingerprint density at radius 3 is 2.36 bits per heavy atom. The highest BCUT2D eigenvalue weighted by molar-refractivity contribution is 6.30. The minimum Gasteiger partial charge on any atom is -0.363 e. The van der Waals surface area contributed by atoms with Gasteiger partial charge in [0.1, 0.15) is 5.69 Å². The number of nitrogens with one attached hydrogen (secondary N) is 2. The number of nitro benzene ring substituents is 1. The molecule has 0 spiro atoms. The quantitative estimate of drug-likeness (QED) is 0.472. The van der Waals surface area contributed by atoms with Gasteiger partial charge in [-0.05, 0) is 44.0 Å². The second-order valence-corrected chi connectivity index (χ2v) is 8.56. The van der Waals surface area contributed by atoms with E-state index in [1.54, 1.807) is 19.1 Å². The normalized spacial score (nSPS) is 15.1. The summed E-state index contributed by atoms with van der Waals surface area (Å²) in [6.45, 7) is 7.70. The summed E-state index contributed by atoms with van der Waals surface area (Å²) < 4.78 is 0. The van der Waals surface area contributed by atoms with E-state index in [0.29, 0.717) is 36.9 Å². The number of hydrogen-bond acceptors (Lipinski definition) is 6. The van der Waals surface area contributed by atoms with Crippen LogP contribution in [0.2, 0.25) is 5.02 Å². The SMILES string of the molecule is Cc1cccc(C)c1NC(=O)CNC(=O)[C@H](C)N1CCN(c2ccc(Cl)cc2[N+](=O)[O-])CC1. The lowest BCUT2D eigenvalue weighted by molar-refractivity contribution is -0.384. The number of hydrogen-bond donors (Lipinski definition) is 2. The van der Waals surface area contributed by atoms with Gasteiger partial charge in [-0.25, -0.2) is 0 Å². The van der Waals surface area contributed by atoms with E-state index in [0.717, 1.165) is 16.8 Å². The van der Waals surface area contributed by atoms with Gasteiger partial charge in [-0.15, -0.1) is 0 Å². The monoisotopic (exact) mass is 473 g/mol. The first kappa shape index (κ1) is 24.5. The van der Waals surface area contributed by atoms with E-state index in [2.05, 4.69) is 10.6 Å². The number of halogens is 1. The summed E-state index contributed by atoms with van der Waals surface area (Å²) in [6.07, 6.45) is 0. The van der Waals surface area contributed by atoms with Crippen LogP contribution >= 0.6 is 11.6 Å². The number of benzene rings is 2. The van der Waals surface area contributed by atoms with Crippen molar-refractivity contribution < 1.29 is 14.5 Å². The maximum Gasteiger partial charge on any atom is 0.294 e. The fourth-order valence-electron chi connectivity index (χ4n) is 3.94. The lowest BCUT2D eigenvalue weighted by atomic mass is 10.1. The number of amides is 2. The lowest BCUT2D eigenvalue weighted by Crippen LogP contribution is -2.54. The molecule has 3 rings (SSSR count). The third-order valence-corrected chi connectivity index (χ3v) is 6.12. The molecule has 2 N–H and O–H groups in total. The number of nitro groups is 1. The number of nitrogens with zero attached hydrogens (tertiary/aromatic N) is 3.